The van der Waals surface area contributed by atoms with Crippen LogP contribution in [0.2, 0.25) is 0 Å². The van der Waals surface area contributed by atoms with Gasteiger partial charge < -0.3 is 10.2 Å². The Bertz CT molecular complexity index is 158. The Labute approximate surface area is 88.1 Å². The number of hydrogen-bond acceptors (Lipinski definition) is 2. The fourth-order valence-electron chi connectivity index (χ4n) is 2.79. The van der Waals surface area contributed by atoms with Gasteiger partial charge in [-0.25, -0.2) is 0 Å². The molecule has 0 aromatic rings. The fourth-order valence-corrected chi connectivity index (χ4v) is 2.79. The van der Waals surface area contributed by atoms with Gasteiger partial charge in [0.2, 0.25) is 0 Å². The molecule has 2 fully saturated rings. The molecule has 2 aliphatic rings. The first-order valence-corrected chi connectivity index (χ1v) is 6.34. The number of hydrogen-bond donors (Lipinski definition) is 1. The van der Waals surface area contributed by atoms with Gasteiger partial charge in [0.15, 0.2) is 0 Å². The lowest BCUT2D eigenvalue weighted by Gasteiger charge is -2.39. The summed E-state index contributed by atoms with van der Waals surface area (Å²) < 4.78 is 0. The van der Waals surface area contributed by atoms with E-state index in [0.717, 1.165) is 12.0 Å². The summed E-state index contributed by atoms with van der Waals surface area (Å²) >= 11 is 0. The van der Waals surface area contributed by atoms with Crippen molar-refractivity contribution in [2.75, 3.05) is 26.2 Å². The molecular weight excluding hydrogens is 172 g/mol. The SMILES string of the molecule is CCCC1CN(CCC2CCCN2)C1. The zero-order valence-corrected chi connectivity index (χ0v) is 9.47. The summed E-state index contributed by atoms with van der Waals surface area (Å²) in [4.78, 5) is 2.63. The van der Waals surface area contributed by atoms with Crippen molar-refractivity contribution in [3.8, 4) is 0 Å². The molecule has 2 heterocycles. The van der Waals surface area contributed by atoms with Crippen LogP contribution in [-0.2, 0) is 0 Å². The van der Waals surface area contributed by atoms with Crippen molar-refractivity contribution in [3.05, 3.63) is 0 Å². The zero-order chi connectivity index (χ0) is 9.80. The molecule has 0 saturated carbocycles. The minimum absolute atomic E-state index is 0.834. The minimum atomic E-state index is 0.834. The molecule has 1 N–H and O–H groups in total. The Morgan fingerprint density at radius 2 is 2.14 bits per heavy atom. The fraction of sp³-hybridized carbons (Fsp3) is 1.00. The summed E-state index contributed by atoms with van der Waals surface area (Å²) in [7, 11) is 0. The molecule has 2 rings (SSSR count). The maximum absolute atomic E-state index is 3.57. The highest BCUT2D eigenvalue weighted by molar-refractivity contribution is 4.82. The third kappa shape index (κ3) is 2.71. The van der Waals surface area contributed by atoms with Gasteiger partial charge in [0.05, 0.1) is 0 Å². The van der Waals surface area contributed by atoms with Crippen LogP contribution >= 0.6 is 0 Å². The van der Waals surface area contributed by atoms with Gasteiger partial charge in [-0.2, -0.15) is 0 Å². The van der Waals surface area contributed by atoms with E-state index in [2.05, 4.69) is 17.1 Å². The van der Waals surface area contributed by atoms with E-state index in [9.17, 15) is 0 Å². The second-order valence-electron chi connectivity index (χ2n) is 5.00. The molecule has 2 heteroatoms. The average Bonchev–Trinajstić information content (AvgIpc) is 2.61. The molecule has 2 nitrogen and oxygen atoms in total. The van der Waals surface area contributed by atoms with Crippen molar-refractivity contribution in [1.82, 2.24) is 10.2 Å². The smallest absolute Gasteiger partial charge is 0.00797 e. The zero-order valence-electron chi connectivity index (χ0n) is 9.47. The predicted molar refractivity (Wildman–Crippen MR) is 60.5 cm³/mol. The molecule has 0 spiro atoms. The highest BCUT2D eigenvalue weighted by atomic mass is 15.2. The van der Waals surface area contributed by atoms with Gasteiger partial charge in [0.1, 0.15) is 0 Å². The molecule has 14 heavy (non-hydrogen) atoms. The van der Waals surface area contributed by atoms with Gasteiger partial charge in [0, 0.05) is 19.1 Å². The second kappa shape index (κ2) is 5.13. The molecular formula is C12H24N2. The Hall–Kier alpha value is -0.0800. The molecule has 2 aliphatic heterocycles. The maximum Gasteiger partial charge on any atom is 0.00797 e. The Balaban J connectivity index is 1.51. The number of nitrogens with zero attached hydrogens (tertiary/aromatic N) is 1. The summed E-state index contributed by atoms with van der Waals surface area (Å²) in [5.74, 6) is 1.02. The van der Waals surface area contributed by atoms with Crippen LogP contribution in [0.5, 0.6) is 0 Å². The lowest BCUT2D eigenvalue weighted by atomic mass is 9.94. The first kappa shape index (κ1) is 10.4. The van der Waals surface area contributed by atoms with Gasteiger partial charge in [-0.05, 0) is 44.7 Å². The molecule has 0 aliphatic carbocycles. The van der Waals surface area contributed by atoms with Crippen molar-refractivity contribution in [2.45, 2.75) is 45.1 Å². The summed E-state index contributed by atoms with van der Waals surface area (Å²) in [6, 6.07) is 0.834. The molecule has 2 saturated heterocycles. The van der Waals surface area contributed by atoms with Crippen molar-refractivity contribution < 1.29 is 0 Å². The Morgan fingerprint density at radius 1 is 1.29 bits per heavy atom. The van der Waals surface area contributed by atoms with Crippen LogP contribution in [0.3, 0.4) is 0 Å². The van der Waals surface area contributed by atoms with Gasteiger partial charge in [-0.15, -0.1) is 0 Å². The van der Waals surface area contributed by atoms with Crippen molar-refractivity contribution in [3.63, 3.8) is 0 Å². The van der Waals surface area contributed by atoms with Crippen LogP contribution in [0, 0.1) is 5.92 Å². The van der Waals surface area contributed by atoms with Crippen LogP contribution in [0.25, 0.3) is 0 Å². The van der Waals surface area contributed by atoms with E-state index in [1.165, 1.54) is 58.3 Å². The van der Waals surface area contributed by atoms with E-state index in [4.69, 9.17) is 0 Å². The molecule has 0 radical (unpaired) electrons. The van der Waals surface area contributed by atoms with E-state index in [1.807, 2.05) is 0 Å². The number of nitrogens with one attached hydrogen (secondary N) is 1. The predicted octanol–water partition coefficient (Wildman–Crippen LogP) is 1.86. The average molecular weight is 196 g/mol. The van der Waals surface area contributed by atoms with Gasteiger partial charge in [-0.1, -0.05) is 13.3 Å². The van der Waals surface area contributed by atoms with Crippen LogP contribution < -0.4 is 5.32 Å². The topological polar surface area (TPSA) is 15.3 Å². The number of likely N-dealkylation sites (tertiary alicyclic amines) is 1. The van der Waals surface area contributed by atoms with E-state index >= 15 is 0 Å². The largest absolute Gasteiger partial charge is 0.314 e. The standard InChI is InChI=1S/C12H24N2/c1-2-4-11-9-14(10-11)8-6-12-5-3-7-13-12/h11-13H,2-10H2,1H3. The Kier molecular flexibility index (Phi) is 3.82. The van der Waals surface area contributed by atoms with E-state index in [0.29, 0.717) is 0 Å². The van der Waals surface area contributed by atoms with Crippen LogP contribution in [0.1, 0.15) is 39.0 Å². The molecule has 0 aromatic carbocycles. The minimum Gasteiger partial charge on any atom is -0.314 e. The summed E-state index contributed by atoms with van der Waals surface area (Å²) in [6.45, 7) is 7.63. The molecule has 82 valence electrons. The van der Waals surface area contributed by atoms with E-state index < -0.39 is 0 Å². The van der Waals surface area contributed by atoms with Crippen molar-refractivity contribution in [1.29, 1.82) is 0 Å². The molecule has 1 atom stereocenters. The maximum atomic E-state index is 3.57. The Morgan fingerprint density at radius 3 is 2.79 bits per heavy atom. The van der Waals surface area contributed by atoms with Crippen LogP contribution in [-0.4, -0.2) is 37.1 Å². The lowest BCUT2D eigenvalue weighted by molar-refractivity contribution is 0.0897. The van der Waals surface area contributed by atoms with Crippen molar-refractivity contribution >= 4 is 0 Å². The monoisotopic (exact) mass is 196 g/mol. The van der Waals surface area contributed by atoms with Crippen LogP contribution in [0.15, 0.2) is 0 Å². The molecule has 0 aromatic heterocycles. The normalized spacial score (nSPS) is 29.4. The third-order valence-electron chi connectivity index (χ3n) is 3.69. The third-order valence-corrected chi connectivity index (χ3v) is 3.69. The van der Waals surface area contributed by atoms with E-state index in [1.54, 1.807) is 0 Å². The first-order chi connectivity index (χ1) is 6.88. The lowest BCUT2D eigenvalue weighted by Crippen LogP contribution is -2.47. The molecule has 0 bridgehead atoms. The summed E-state index contributed by atoms with van der Waals surface area (Å²) in [5, 5.41) is 3.57. The van der Waals surface area contributed by atoms with Crippen LogP contribution in [0.4, 0.5) is 0 Å². The number of rotatable bonds is 5. The molecule has 1 unspecified atom stereocenters. The molecule has 0 amide bonds. The van der Waals surface area contributed by atoms with Gasteiger partial charge in [-0.3, -0.25) is 0 Å². The van der Waals surface area contributed by atoms with Gasteiger partial charge >= 0.3 is 0 Å². The summed E-state index contributed by atoms with van der Waals surface area (Å²) in [6.07, 6.45) is 6.98. The quantitative estimate of drug-likeness (QED) is 0.722. The summed E-state index contributed by atoms with van der Waals surface area (Å²) in [5.41, 5.74) is 0. The highest BCUT2D eigenvalue weighted by Gasteiger charge is 2.26. The van der Waals surface area contributed by atoms with Gasteiger partial charge in [0.25, 0.3) is 0 Å². The first-order valence-electron chi connectivity index (χ1n) is 6.34. The highest BCUT2D eigenvalue weighted by Crippen LogP contribution is 2.21. The van der Waals surface area contributed by atoms with Crippen molar-refractivity contribution in [2.24, 2.45) is 5.92 Å². The second-order valence-corrected chi connectivity index (χ2v) is 5.00. The van der Waals surface area contributed by atoms with E-state index in [-0.39, 0.29) is 0 Å².